The summed E-state index contributed by atoms with van der Waals surface area (Å²) in [4.78, 5) is 0. The van der Waals surface area contributed by atoms with Crippen LogP contribution >= 0.6 is 0 Å². The minimum absolute atomic E-state index is 0.0250. The summed E-state index contributed by atoms with van der Waals surface area (Å²) < 4.78 is 54.5. The summed E-state index contributed by atoms with van der Waals surface area (Å²) in [5, 5.41) is 16.5. The average molecular weight is 422 g/mol. The summed E-state index contributed by atoms with van der Waals surface area (Å²) in [6.07, 6.45) is -0.392. The minimum Gasteiger partial charge on any atom is -0.411 e. The number of fused-ring (bicyclic) bond motifs is 2. The maximum Gasteiger partial charge on any atom is 0.573 e. The van der Waals surface area contributed by atoms with Crippen LogP contribution in [0.25, 0.3) is 11.3 Å². The second-order valence-electron chi connectivity index (χ2n) is 8.27. The molecule has 30 heavy (non-hydrogen) atoms. The molecule has 0 saturated heterocycles. The number of hydrogen-bond donors (Lipinski definition) is 1. The largest absolute Gasteiger partial charge is 0.573 e. The Balaban J connectivity index is 1.41. The van der Waals surface area contributed by atoms with Crippen molar-refractivity contribution in [2.45, 2.75) is 57.1 Å². The number of halogens is 3. The smallest absolute Gasteiger partial charge is 0.411 e. The molecule has 3 aliphatic rings. The van der Waals surface area contributed by atoms with Crippen LogP contribution in [0.1, 0.15) is 49.3 Å². The second-order valence-corrected chi connectivity index (χ2v) is 8.27. The molecule has 2 bridgehead atoms. The highest BCUT2D eigenvalue weighted by Gasteiger charge is 2.45. The van der Waals surface area contributed by atoms with E-state index in [9.17, 15) is 13.2 Å². The van der Waals surface area contributed by atoms with E-state index >= 15 is 0 Å². The van der Waals surface area contributed by atoms with Crippen LogP contribution in [-0.2, 0) is 11.3 Å². The Morgan fingerprint density at radius 2 is 1.97 bits per heavy atom. The molecule has 1 aromatic heterocycles. The van der Waals surface area contributed by atoms with Gasteiger partial charge in [0.2, 0.25) is 0 Å². The SMILES string of the molecule is O/N=C1/C[C@@H]2C[C@H]1C[C@@H]2OCc1c(-c2ccccc2OC(F)(F)F)noc1C1CC1. The number of rotatable bonds is 6. The Labute approximate surface area is 170 Å². The van der Waals surface area contributed by atoms with Crippen molar-refractivity contribution in [2.24, 2.45) is 17.0 Å². The van der Waals surface area contributed by atoms with Gasteiger partial charge in [-0.05, 0) is 50.2 Å². The van der Waals surface area contributed by atoms with Crippen LogP contribution in [-0.4, -0.2) is 28.5 Å². The van der Waals surface area contributed by atoms with Crippen LogP contribution < -0.4 is 4.74 Å². The molecule has 5 rings (SSSR count). The van der Waals surface area contributed by atoms with Crippen LogP contribution in [0.5, 0.6) is 5.75 Å². The van der Waals surface area contributed by atoms with Crippen molar-refractivity contribution in [3.8, 4) is 17.0 Å². The maximum atomic E-state index is 12.9. The zero-order valence-electron chi connectivity index (χ0n) is 16.1. The molecule has 3 fully saturated rings. The molecule has 9 heteroatoms. The first kappa shape index (κ1) is 19.4. The number of para-hydroxylation sites is 1. The van der Waals surface area contributed by atoms with Crippen molar-refractivity contribution in [1.82, 2.24) is 5.16 Å². The van der Waals surface area contributed by atoms with E-state index in [2.05, 4.69) is 15.0 Å². The number of benzene rings is 1. The molecule has 6 nitrogen and oxygen atoms in total. The van der Waals surface area contributed by atoms with E-state index in [0.29, 0.717) is 22.9 Å². The fourth-order valence-electron chi connectivity index (χ4n) is 4.74. The molecular formula is C21H21F3N2O4. The van der Waals surface area contributed by atoms with E-state index in [1.165, 1.54) is 12.1 Å². The zero-order chi connectivity index (χ0) is 20.9. The van der Waals surface area contributed by atoms with Crippen molar-refractivity contribution in [3.05, 3.63) is 35.6 Å². The third kappa shape index (κ3) is 3.66. The first-order chi connectivity index (χ1) is 14.4. The van der Waals surface area contributed by atoms with Gasteiger partial charge in [-0.3, -0.25) is 0 Å². The molecule has 0 aliphatic heterocycles. The number of hydrogen-bond acceptors (Lipinski definition) is 6. The monoisotopic (exact) mass is 422 g/mol. The van der Waals surface area contributed by atoms with Gasteiger partial charge in [-0.1, -0.05) is 22.4 Å². The molecule has 0 unspecified atom stereocenters. The van der Waals surface area contributed by atoms with E-state index in [1.54, 1.807) is 12.1 Å². The zero-order valence-corrected chi connectivity index (χ0v) is 16.1. The van der Waals surface area contributed by atoms with Gasteiger partial charge in [0.1, 0.15) is 17.2 Å². The van der Waals surface area contributed by atoms with E-state index < -0.39 is 6.36 Å². The third-order valence-corrected chi connectivity index (χ3v) is 6.28. The molecule has 1 heterocycles. The van der Waals surface area contributed by atoms with Crippen molar-refractivity contribution >= 4 is 5.71 Å². The Hall–Kier alpha value is -2.55. The predicted molar refractivity (Wildman–Crippen MR) is 99.2 cm³/mol. The Kier molecular flexibility index (Phi) is 4.72. The van der Waals surface area contributed by atoms with Gasteiger partial charge in [-0.2, -0.15) is 0 Å². The van der Waals surface area contributed by atoms with Crippen molar-refractivity contribution in [1.29, 1.82) is 0 Å². The number of oxime groups is 1. The van der Waals surface area contributed by atoms with Gasteiger partial charge in [0.05, 0.1) is 18.4 Å². The Morgan fingerprint density at radius 1 is 1.17 bits per heavy atom. The normalized spacial score (nSPS) is 27.2. The van der Waals surface area contributed by atoms with Gasteiger partial charge >= 0.3 is 6.36 Å². The predicted octanol–water partition coefficient (Wildman–Crippen LogP) is 5.26. The lowest BCUT2D eigenvalue weighted by molar-refractivity contribution is -0.274. The van der Waals surface area contributed by atoms with E-state index in [0.717, 1.165) is 37.8 Å². The number of ether oxygens (including phenoxy) is 2. The van der Waals surface area contributed by atoms with Gasteiger partial charge in [-0.15, -0.1) is 13.2 Å². The van der Waals surface area contributed by atoms with Crippen LogP contribution in [0, 0.1) is 11.8 Å². The lowest BCUT2D eigenvalue weighted by Gasteiger charge is -2.22. The van der Waals surface area contributed by atoms with Gasteiger partial charge in [0, 0.05) is 23.0 Å². The summed E-state index contributed by atoms with van der Waals surface area (Å²) in [6, 6.07) is 5.93. The third-order valence-electron chi connectivity index (χ3n) is 6.28. The van der Waals surface area contributed by atoms with Gasteiger partial charge < -0.3 is 19.2 Å². The molecule has 0 radical (unpaired) electrons. The summed E-state index contributed by atoms with van der Waals surface area (Å²) in [7, 11) is 0. The molecule has 1 aromatic carbocycles. The average Bonchev–Trinajstić information content (AvgIpc) is 3.17. The highest BCUT2D eigenvalue weighted by molar-refractivity contribution is 5.89. The highest BCUT2D eigenvalue weighted by atomic mass is 19.4. The molecule has 0 amide bonds. The summed E-state index contributed by atoms with van der Waals surface area (Å²) in [6.45, 7) is 0.213. The van der Waals surface area contributed by atoms with Crippen molar-refractivity contribution in [3.63, 3.8) is 0 Å². The van der Waals surface area contributed by atoms with E-state index in [1.807, 2.05) is 0 Å². The first-order valence-electron chi connectivity index (χ1n) is 10.1. The molecule has 3 aliphatic carbocycles. The number of aromatic nitrogens is 1. The van der Waals surface area contributed by atoms with Crippen LogP contribution in [0.2, 0.25) is 0 Å². The quantitative estimate of drug-likeness (QED) is 0.507. The van der Waals surface area contributed by atoms with Gasteiger partial charge in [0.15, 0.2) is 0 Å². The molecular weight excluding hydrogens is 401 g/mol. The minimum atomic E-state index is -4.80. The molecule has 2 aromatic rings. The summed E-state index contributed by atoms with van der Waals surface area (Å²) >= 11 is 0. The standard InChI is InChI=1S/C21H21F3N2O4/c22-21(23,24)29-17-4-2-1-3-14(17)19-15(20(30-26-19)11-5-6-11)10-28-18-9-12-7-13(18)8-16(12)25-27/h1-4,11-13,18,27H,5-10H2/b25-16-/t12-,13-,18-/m0/s1. The summed E-state index contributed by atoms with van der Waals surface area (Å²) in [5.74, 6) is 1.15. The molecule has 3 atom stereocenters. The summed E-state index contributed by atoms with van der Waals surface area (Å²) in [5.41, 5.74) is 2.08. The van der Waals surface area contributed by atoms with Gasteiger partial charge in [0.25, 0.3) is 0 Å². The molecule has 3 saturated carbocycles. The molecule has 1 N–H and O–H groups in total. The molecule has 0 spiro atoms. The number of nitrogens with zero attached hydrogens (tertiary/aromatic N) is 2. The first-order valence-corrected chi connectivity index (χ1v) is 10.1. The van der Waals surface area contributed by atoms with Crippen LogP contribution in [0.15, 0.2) is 33.9 Å². The number of alkyl halides is 3. The fourth-order valence-corrected chi connectivity index (χ4v) is 4.74. The molecule has 160 valence electrons. The Bertz CT molecular complexity index is 967. The van der Waals surface area contributed by atoms with E-state index in [-0.39, 0.29) is 35.9 Å². The topological polar surface area (TPSA) is 77.1 Å². The maximum absolute atomic E-state index is 12.9. The highest BCUT2D eigenvalue weighted by Crippen LogP contribution is 2.47. The van der Waals surface area contributed by atoms with E-state index in [4.69, 9.17) is 14.5 Å². The second kappa shape index (κ2) is 7.30. The van der Waals surface area contributed by atoms with Crippen molar-refractivity contribution in [2.75, 3.05) is 0 Å². The lowest BCUT2D eigenvalue weighted by Crippen LogP contribution is -2.25. The fraction of sp³-hybridized carbons (Fsp3) is 0.524. The van der Waals surface area contributed by atoms with Crippen LogP contribution in [0.3, 0.4) is 0 Å². The van der Waals surface area contributed by atoms with Gasteiger partial charge in [-0.25, -0.2) is 0 Å². The van der Waals surface area contributed by atoms with Crippen molar-refractivity contribution < 1.29 is 32.4 Å². The lowest BCUT2D eigenvalue weighted by atomic mass is 9.95. The Morgan fingerprint density at radius 3 is 2.63 bits per heavy atom. The van der Waals surface area contributed by atoms with Crippen LogP contribution in [0.4, 0.5) is 13.2 Å².